The van der Waals surface area contributed by atoms with Crippen molar-refractivity contribution in [2.75, 3.05) is 5.32 Å². The number of H-pyrrole nitrogens is 1. The van der Waals surface area contributed by atoms with Gasteiger partial charge in [-0.05, 0) is 6.92 Å². The van der Waals surface area contributed by atoms with Crippen LogP contribution in [0.1, 0.15) is 16.2 Å². The zero-order chi connectivity index (χ0) is 16.6. The molecule has 118 valence electrons. The zero-order valence-corrected chi connectivity index (χ0v) is 12.9. The Morgan fingerprint density at radius 1 is 1.52 bits per heavy atom. The van der Waals surface area contributed by atoms with Gasteiger partial charge in [0, 0.05) is 24.2 Å². The second-order valence-corrected chi connectivity index (χ2v) is 5.56. The summed E-state index contributed by atoms with van der Waals surface area (Å²) in [6.07, 6.45) is 3.45. The minimum atomic E-state index is -0.687. The van der Waals surface area contributed by atoms with E-state index in [1.807, 2.05) is 0 Å². The van der Waals surface area contributed by atoms with Crippen molar-refractivity contribution in [3.8, 4) is 11.3 Å². The van der Waals surface area contributed by atoms with E-state index >= 15 is 0 Å². The molecule has 1 amide bonds. The van der Waals surface area contributed by atoms with E-state index in [4.69, 9.17) is 0 Å². The number of aryl methyl sites for hydroxylation is 2. The first kappa shape index (κ1) is 14.8. The fourth-order valence-corrected chi connectivity index (χ4v) is 2.69. The predicted molar refractivity (Wildman–Crippen MR) is 82.2 cm³/mol. The number of carbonyl (C=O) groups excluding carboxylic acids is 1. The standard InChI is InChI=1S/C12H11N7O3S/c1-6-10(19(21)22)9(17-16-6)11(20)15-12-14-8(5-23-12)7-3-13-18(2)4-7/h3-5H,1-2H3,(H,16,17)(H,14,15,20). The average molecular weight is 333 g/mol. The van der Waals surface area contributed by atoms with Crippen molar-refractivity contribution in [3.05, 3.63) is 39.3 Å². The molecule has 11 heteroatoms. The number of carbonyl (C=O) groups is 1. The van der Waals surface area contributed by atoms with Crippen molar-refractivity contribution >= 4 is 28.1 Å². The molecular formula is C12H11N7O3S. The molecule has 0 bridgehead atoms. The Morgan fingerprint density at radius 3 is 2.96 bits per heavy atom. The second-order valence-electron chi connectivity index (χ2n) is 4.70. The molecule has 2 N–H and O–H groups in total. The van der Waals surface area contributed by atoms with E-state index in [1.165, 1.54) is 18.3 Å². The lowest BCUT2D eigenvalue weighted by atomic mass is 10.3. The van der Waals surface area contributed by atoms with Crippen LogP contribution in [0.15, 0.2) is 17.8 Å². The number of nitrogens with zero attached hydrogens (tertiary/aromatic N) is 5. The normalized spacial score (nSPS) is 10.7. The number of rotatable bonds is 4. The molecule has 0 spiro atoms. The van der Waals surface area contributed by atoms with Gasteiger partial charge in [-0.2, -0.15) is 10.2 Å². The zero-order valence-electron chi connectivity index (χ0n) is 12.1. The number of aromatic amines is 1. The molecule has 3 rings (SSSR count). The summed E-state index contributed by atoms with van der Waals surface area (Å²) in [6, 6.07) is 0. The van der Waals surface area contributed by atoms with Crippen molar-refractivity contribution in [1.29, 1.82) is 0 Å². The maximum absolute atomic E-state index is 12.2. The van der Waals surface area contributed by atoms with Gasteiger partial charge in [0.05, 0.1) is 16.8 Å². The number of anilines is 1. The van der Waals surface area contributed by atoms with Crippen LogP contribution in [-0.4, -0.2) is 35.8 Å². The number of aromatic nitrogens is 5. The van der Waals surface area contributed by atoms with E-state index in [0.717, 1.165) is 5.56 Å². The SMILES string of the molecule is Cc1[nH]nc(C(=O)Nc2nc(-c3cnn(C)c3)cs2)c1[N+](=O)[O-]. The Bertz CT molecular complexity index is 894. The van der Waals surface area contributed by atoms with Gasteiger partial charge < -0.3 is 0 Å². The number of hydrogen-bond donors (Lipinski definition) is 2. The topological polar surface area (TPSA) is 132 Å². The number of amides is 1. The van der Waals surface area contributed by atoms with Crippen LogP contribution in [0.2, 0.25) is 0 Å². The predicted octanol–water partition coefficient (Wildman–Crippen LogP) is 1.74. The highest BCUT2D eigenvalue weighted by Gasteiger charge is 2.27. The van der Waals surface area contributed by atoms with Gasteiger partial charge in [-0.15, -0.1) is 11.3 Å². The third-order valence-electron chi connectivity index (χ3n) is 3.04. The van der Waals surface area contributed by atoms with E-state index in [9.17, 15) is 14.9 Å². The van der Waals surface area contributed by atoms with Crippen molar-refractivity contribution in [1.82, 2.24) is 25.0 Å². The summed E-state index contributed by atoms with van der Waals surface area (Å²) in [5, 5.41) is 25.8. The van der Waals surface area contributed by atoms with Crippen LogP contribution in [0.3, 0.4) is 0 Å². The molecule has 0 unspecified atom stereocenters. The summed E-state index contributed by atoms with van der Waals surface area (Å²) in [6.45, 7) is 1.48. The molecule has 0 aromatic carbocycles. The highest BCUT2D eigenvalue weighted by Crippen LogP contribution is 2.26. The van der Waals surface area contributed by atoms with Crippen molar-refractivity contribution in [3.63, 3.8) is 0 Å². The minimum absolute atomic E-state index is 0.218. The van der Waals surface area contributed by atoms with Gasteiger partial charge in [0.15, 0.2) is 5.13 Å². The molecule has 0 saturated carbocycles. The summed E-state index contributed by atoms with van der Waals surface area (Å²) in [5.74, 6) is -0.687. The van der Waals surface area contributed by atoms with Crippen molar-refractivity contribution in [2.24, 2.45) is 7.05 Å². The Balaban J connectivity index is 1.81. The lowest BCUT2D eigenvalue weighted by Crippen LogP contribution is -2.14. The smallest absolute Gasteiger partial charge is 0.296 e. The maximum atomic E-state index is 12.2. The first-order valence-corrected chi connectivity index (χ1v) is 7.29. The Morgan fingerprint density at radius 2 is 2.30 bits per heavy atom. The average Bonchev–Trinajstić information content (AvgIpc) is 3.18. The van der Waals surface area contributed by atoms with Gasteiger partial charge in [-0.25, -0.2) is 4.98 Å². The summed E-state index contributed by atoms with van der Waals surface area (Å²) >= 11 is 1.21. The summed E-state index contributed by atoms with van der Waals surface area (Å²) in [4.78, 5) is 26.8. The van der Waals surface area contributed by atoms with E-state index in [0.29, 0.717) is 10.8 Å². The summed E-state index contributed by atoms with van der Waals surface area (Å²) in [7, 11) is 1.79. The second kappa shape index (κ2) is 5.61. The molecule has 3 aromatic rings. The number of thiazole rings is 1. The molecule has 23 heavy (non-hydrogen) atoms. The summed E-state index contributed by atoms with van der Waals surface area (Å²) < 4.78 is 1.64. The Hall–Kier alpha value is -3.08. The molecular weight excluding hydrogens is 322 g/mol. The van der Waals surface area contributed by atoms with Crippen LogP contribution >= 0.6 is 11.3 Å². The molecule has 0 aliphatic rings. The molecule has 3 aromatic heterocycles. The van der Waals surface area contributed by atoms with Crippen molar-refractivity contribution < 1.29 is 9.72 Å². The Kier molecular flexibility index (Phi) is 3.62. The van der Waals surface area contributed by atoms with Gasteiger partial charge in [-0.3, -0.25) is 30.0 Å². The largest absolute Gasteiger partial charge is 0.322 e. The molecule has 0 atom stereocenters. The fraction of sp³-hybridized carbons (Fsp3) is 0.167. The van der Waals surface area contributed by atoms with Crippen LogP contribution in [0.5, 0.6) is 0 Å². The van der Waals surface area contributed by atoms with E-state index in [1.54, 1.807) is 29.5 Å². The number of hydrogen-bond acceptors (Lipinski definition) is 7. The number of nitro groups is 1. The van der Waals surface area contributed by atoms with Gasteiger partial charge >= 0.3 is 5.69 Å². The minimum Gasteiger partial charge on any atom is -0.296 e. The van der Waals surface area contributed by atoms with Crippen LogP contribution in [0.25, 0.3) is 11.3 Å². The van der Waals surface area contributed by atoms with Crippen LogP contribution in [0, 0.1) is 17.0 Å². The molecule has 0 saturated heterocycles. The van der Waals surface area contributed by atoms with E-state index in [2.05, 4.69) is 25.6 Å². The van der Waals surface area contributed by atoms with Gasteiger partial charge in [-0.1, -0.05) is 0 Å². The lowest BCUT2D eigenvalue weighted by Gasteiger charge is -1.98. The van der Waals surface area contributed by atoms with Crippen LogP contribution in [0.4, 0.5) is 10.8 Å². The van der Waals surface area contributed by atoms with E-state index < -0.39 is 10.8 Å². The highest BCUT2D eigenvalue weighted by molar-refractivity contribution is 7.14. The highest BCUT2D eigenvalue weighted by atomic mass is 32.1. The van der Waals surface area contributed by atoms with Crippen molar-refractivity contribution in [2.45, 2.75) is 6.92 Å². The summed E-state index contributed by atoms with van der Waals surface area (Å²) in [5.41, 5.74) is 1.07. The van der Waals surface area contributed by atoms with Gasteiger partial charge in [0.25, 0.3) is 5.91 Å². The lowest BCUT2D eigenvalue weighted by molar-refractivity contribution is -0.385. The molecule has 0 aliphatic carbocycles. The maximum Gasteiger partial charge on any atom is 0.322 e. The van der Waals surface area contributed by atoms with E-state index in [-0.39, 0.29) is 17.1 Å². The first-order chi connectivity index (χ1) is 11.0. The molecule has 0 fully saturated rings. The molecule has 0 aliphatic heterocycles. The fourth-order valence-electron chi connectivity index (χ4n) is 1.98. The van der Waals surface area contributed by atoms with Crippen LogP contribution < -0.4 is 5.32 Å². The van der Waals surface area contributed by atoms with Crippen LogP contribution in [-0.2, 0) is 7.05 Å². The third-order valence-corrected chi connectivity index (χ3v) is 3.80. The number of nitrogens with one attached hydrogen (secondary N) is 2. The molecule has 3 heterocycles. The molecule has 10 nitrogen and oxygen atoms in total. The Labute approximate surface area is 133 Å². The van der Waals surface area contributed by atoms with Gasteiger partial charge in [0.2, 0.25) is 5.69 Å². The molecule has 0 radical (unpaired) electrons. The first-order valence-electron chi connectivity index (χ1n) is 6.41. The third kappa shape index (κ3) is 2.81. The monoisotopic (exact) mass is 333 g/mol. The van der Waals surface area contributed by atoms with Gasteiger partial charge in [0.1, 0.15) is 5.69 Å². The quantitative estimate of drug-likeness (QED) is 0.552.